The SMILES string of the molecule is CCN(C)c1ncccc1[N+](=O)[O-]. The summed E-state index contributed by atoms with van der Waals surface area (Å²) in [7, 11) is 1.77. The third kappa shape index (κ3) is 1.93. The zero-order valence-electron chi connectivity index (χ0n) is 7.60. The summed E-state index contributed by atoms with van der Waals surface area (Å²) in [6, 6.07) is 3.01. The first kappa shape index (κ1) is 9.44. The number of aromatic nitrogens is 1. The van der Waals surface area contributed by atoms with Crippen LogP contribution in [0.5, 0.6) is 0 Å². The van der Waals surface area contributed by atoms with Crippen molar-refractivity contribution in [2.24, 2.45) is 0 Å². The molecule has 5 heteroatoms. The molecule has 0 spiro atoms. The summed E-state index contributed by atoms with van der Waals surface area (Å²) in [5.74, 6) is 0.412. The monoisotopic (exact) mass is 181 g/mol. The lowest BCUT2D eigenvalue weighted by atomic mass is 10.3. The second kappa shape index (κ2) is 3.84. The fourth-order valence-corrected chi connectivity index (χ4v) is 0.975. The third-order valence-electron chi connectivity index (χ3n) is 1.80. The minimum Gasteiger partial charge on any atom is -0.354 e. The summed E-state index contributed by atoms with van der Waals surface area (Å²) in [6.45, 7) is 2.61. The molecule has 0 bridgehead atoms. The first-order chi connectivity index (χ1) is 6.16. The van der Waals surface area contributed by atoms with Gasteiger partial charge in [0.15, 0.2) is 0 Å². The van der Waals surface area contributed by atoms with Gasteiger partial charge < -0.3 is 4.90 Å². The molecule has 0 unspecified atom stereocenters. The average molecular weight is 181 g/mol. The Morgan fingerprint density at radius 2 is 2.38 bits per heavy atom. The minimum atomic E-state index is -0.422. The Morgan fingerprint density at radius 3 is 2.92 bits per heavy atom. The van der Waals surface area contributed by atoms with Crippen LogP contribution >= 0.6 is 0 Å². The molecule has 70 valence electrons. The van der Waals surface area contributed by atoms with Crippen LogP contribution in [0.15, 0.2) is 18.3 Å². The van der Waals surface area contributed by atoms with Crippen LogP contribution in [-0.2, 0) is 0 Å². The van der Waals surface area contributed by atoms with Crippen molar-refractivity contribution in [3.05, 3.63) is 28.4 Å². The molecule has 0 fully saturated rings. The second-order valence-corrected chi connectivity index (χ2v) is 2.62. The summed E-state index contributed by atoms with van der Waals surface area (Å²) < 4.78 is 0. The van der Waals surface area contributed by atoms with E-state index in [-0.39, 0.29) is 5.69 Å². The first-order valence-electron chi connectivity index (χ1n) is 3.97. The molecule has 0 radical (unpaired) electrons. The molecule has 0 aromatic carbocycles. The fraction of sp³-hybridized carbons (Fsp3) is 0.375. The maximum Gasteiger partial charge on any atom is 0.311 e. The molecule has 1 aromatic rings. The predicted octanol–water partition coefficient (Wildman–Crippen LogP) is 1.45. The van der Waals surface area contributed by atoms with Gasteiger partial charge in [-0.3, -0.25) is 10.1 Å². The summed E-state index contributed by atoms with van der Waals surface area (Å²) in [5, 5.41) is 10.6. The van der Waals surface area contributed by atoms with Gasteiger partial charge in [-0.1, -0.05) is 0 Å². The smallest absolute Gasteiger partial charge is 0.311 e. The third-order valence-corrected chi connectivity index (χ3v) is 1.80. The molecule has 0 aliphatic rings. The molecule has 0 saturated carbocycles. The summed E-state index contributed by atoms with van der Waals surface area (Å²) in [6.07, 6.45) is 1.55. The maximum atomic E-state index is 10.6. The number of nitro groups is 1. The van der Waals surface area contributed by atoms with Gasteiger partial charge in [-0.15, -0.1) is 0 Å². The molecule has 0 aliphatic heterocycles. The van der Waals surface area contributed by atoms with E-state index in [1.165, 1.54) is 6.07 Å². The zero-order chi connectivity index (χ0) is 9.84. The number of hydrogen-bond acceptors (Lipinski definition) is 4. The summed E-state index contributed by atoms with van der Waals surface area (Å²) in [5.41, 5.74) is 0.0480. The van der Waals surface area contributed by atoms with Crippen molar-refractivity contribution in [2.45, 2.75) is 6.92 Å². The van der Waals surface area contributed by atoms with Crippen LogP contribution in [0.25, 0.3) is 0 Å². The van der Waals surface area contributed by atoms with Gasteiger partial charge in [0.2, 0.25) is 5.82 Å². The van der Waals surface area contributed by atoms with E-state index < -0.39 is 4.92 Å². The first-order valence-corrected chi connectivity index (χ1v) is 3.97. The Labute approximate surface area is 76.2 Å². The molecule has 0 atom stereocenters. The van der Waals surface area contributed by atoms with Crippen molar-refractivity contribution in [3.63, 3.8) is 0 Å². The minimum absolute atomic E-state index is 0.0480. The van der Waals surface area contributed by atoms with E-state index in [0.29, 0.717) is 12.4 Å². The highest BCUT2D eigenvalue weighted by atomic mass is 16.6. The van der Waals surface area contributed by atoms with Gasteiger partial charge in [0.05, 0.1) is 4.92 Å². The molecular formula is C8H11N3O2. The summed E-state index contributed by atoms with van der Waals surface area (Å²) >= 11 is 0. The topological polar surface area (TPSA) is 59.3 Å². The highest BCUT2D eigenvalue weighted by Gasteiger charge is 2.16. The van der Waals surface area contributed by atoms with Crippen LogP contribution in [0.4, 0.5) is 11.5 Å². The lowest BCUT2D eigenvalue weighted by molar-refractivity contribution is -0.384. The quantitative estimate of drug-likeness (QED) is 0.523. The molecule has 1 rings (SSSR count). The molecule has 5 nitrogen and oxygen atoms in total. The molecule has 0 N–H and O–H groups in total. The van der Waals surface area contributed by atoms with E-state index in [2.05, 4.69) is 4.98 Å². The number of pyridine rings is 1. The Bertz CT molecular complexity index is 314. The van der Waals surface area contributed by atoms with Crippen molar-refractivity contribution in [3.8, 4) is 0 Å². The van der Waals surface area contributed by atoms with Crippen LogP contribution in [0.1, 0.15) is 6.92 Å². The molecule has 0 aliphatic carbocycles. The predicted molar refractivity (Wildman–Crippen MR) is 49.8 cm³/mol. The van der Waals surface area contributed by atoms with Crippen molar-refractivity contribution < 1.29 is 4.92 Å². The molecule has 1 aromatic heterocycles. The van der Waals surface area contributed by atoms with Crippen molar-refractivity contribution in [2.75, 3.05) is 18.5 Å². The Morgan fingerprint density at radius 1 is 1.69 bits per heavy atom. The van der Waals surface area contributed by atoms with Crippen LogP contribution in [-0.4, -0.2) is 23.5 Å². The van der Waals surface area contributed by atoms with Gasteiger partial charge in [-0.05, 0) is 13.0 Å². The lowest BCUT2D eigenvalue weighted by Crippen LogP contribution is -2.18. The van der Waals surface area contributed by atoms with E-state index in [0.717, 1.165) is 0 Å². The lowest BCUT2D eigenvalue weighted by Gasteiger charge is -2.14. The van der Waals surface area contributed by atoms with E-state index in [1.807, 2.05) is 6.92 Å². The normalized spacial score (nSPS) is 9.69. The van der Waals surface area contributed by atoms with Crippen molar-refractivity contribution in [1.29, 1.82) is 0 Å². The second-order valence-electron chi connectivity index (χ2n) is 2.62. The number of nitrogens with zero attached hydrogens (tertiary/aromatic N) is 3. The zero-order valence-corrected chi connectivity index (χ0v) is 7.60. The van der Waals surface area contributed by atoms with Crippen LogP contribution in [0.3, 0.4) is 0 Å². The molecule has 1 heterocycles. The standard InChI is InChI=1S/C8H11N3O2/c1-3-10(2)8-7(11(12)13)5-4-6-9-8/h4-6H,3H2,1-2H3. The molecule has 0 saturated heterocycles. The Hall–Kier alpha value is -1.65. The van der Waals surface area contributed by atoms with Crippen LogP contribution < -0.4 is 4.90 Å². The average Bonchev–Trinajstić information content (AvgIpc) is 2.16. The maximum absolute atomic E-state index is 10.6. The van der Waals surface area contributed by atoms with Gasteiger partial charge in [0.25, 0.3) is 0 Å². The van der Waals surface area contributed by atoms with E-state index in [9.17, 15) is 10.1 Å². The number of anilines is 1. The summed E-state index contributed by atoms with van der Waals surface area (Å²) in [4.78, 5) is 15.8. The van der Waals surface area contributed by atoms with Crippen molar-refractivity contribution in [1.82, 2.24) is 4.98 Å². The van der Waals surface area contributed by atoms with Gasteiger partial charge in [-0.2, -0.15) is 0 Å². The molecular weight excluding hydrogens is 170 g/mol. The molecule has 13 heavy (non-hydrogen) atoms. The number of hydrogen-bond donors (Lipinski definition) is 0. The largest absolute Gasteiger partial charge is 0.354 e. The highest BCUT2D eigenvalue weighted by Crippen LogP contribution is 2.22. The van der Waals surface area contributed by atoms with Gasteiger partial charge in [-0.25, -0.2) is 4.98 Å². The van der Waals surface area contributed by atoms with Gasteiger partial charge in [0, 0.05) is 25.9 Å². The van der Waals surface area contributed by atoms with Gasteiger partial charge >= 0.3 is 5.69 Å². The molecule has 0 amide bonds. The Kier molecular flexibility index (Phi) is 2.79. The number of rotatable bonds is 3. The Balaban J connectivity index is 3.11. The van der Waals surface area contributed by atoms with E-state index >= 15 is 0 Å². The fourth-order valence-electron chi connectivity index (χ4n) is 0.975. The van der Waals surface area contributed by atoms with E-state index in [4.69, 9.17) is 0 Å². The van der Waals surface area contributed by atoms with Crippen LogP contribution in [0, 0.1) is 10.1 Å². The van der Waals surface area contributed by atoms with Gasteiger partial charge in [0.1, 0.15) is 0 Å². The van der Waals surface area contributed by atoms with Crippen LogP contribution in [0.2, 0.25) is 0 Å². The van der Waals surface area contributed by atoms with E-state index in [1.54, 1.807) is 24.2 Å². The highest BCUT2D eigenvalue weighted by molar-refractivity contribution is 5.56. The van der Waals surface area contributed by atoms with Crippen molar-refractivity contribution >= 4 is 11.5 Å².